The number of rotatable bonds is 5. The number of hydrogen-bond donors (Lipinski definition) is 0. The Labute approximate surface area is 170 Å². The number of carbonyl (C=O) groups is 3. The number of nitrogens with zero attached hydrogens (tertiary/aromatic N) is 2. The van der Waals surface area contributed by atoms with Crippen LogP contribution < -0.4 is 4.90 Å². The number of anilines is 1. The number of amides is 3. The monoisotopic (exact) mass is 444 g/mol. The molecule has 1 aliphatic heterocycles. The van der Waals surface area contributed by atoms with Crippen LogP contribution in [0.3, 0.4) is 0 Å². The van der Waals surface area contributed by atoms with Gasteiger partial charge in [0.2, 0.25) is 11.8 Å². The first kappa shape index (κ1) is 18.8. The molecule has 2 fully saturated rings. The highest BCUT2D eigenvalue weighted by molar-refractivity contribution is 9.10. The summed E-state index contributed by atoms with van der Waals surface area (Å²) in [5, 5.41) is 0. The molecule has 1 atom stereocenters. The molecule has 5 nitrogen and oxygen atoms in total. The van der Waals surface area contributed by atoms with Crippen molar-refractivity contribution in [2.45, 2.75) is 31.8 Å². The van der Waals surface area contributed by atoms with Crippen molar-refractivity contribution in [3.8, 4) is 0 Å². The first-order chi connectivity index (χ1) is 13.4. The fourth-order valence-electron chi connectivity index (χ4n) is 3.41. The highest BCUT2D eigenvalue weighted by Gasteiger charge is 2.46. The lowest BCUT2D eigenvalue weighted by atomic mass is 10.1. The summed E-state index contributed by atoms with van der Waals surface area (Å²) < 4.78 is 14.1. The van der Waals surface area contributed by atoms with Crippen molar-refractivity contribution in [1.82, 2.24) is 4.90 Å². The molecule has 2 aliphatic rings. The van der Waals surface area contributed by atoms with E-state index in [0.29, 0.717) is 5.69 Å². The van der Waals surface area contributed by atoms with Crippen LogP contribution in [0.2, 0.25) is 0 Å². The van der Waals surface area contributed by atoms with Gasteiger partial charge < -0.3 is 4.90 Å². The smallest absolute Gasteiger partial charge is 0.257 e. The second-order valence-electron chi connectivity index (χ2n) is 7.13. The molecule has 28 heavy (non-hydrogen) atoms. The summed E-state index contributed by atoms with van der Waals surface area (Å²) >= 11 is 3.34. The Morgan fingerprint density at radius 2 is 1.71 bits per heavy atom. The van der Waals surface area contributed by atoms with Crippen LogP contribution in [0.25, 0.3) is 0 Å². The molecular formula is C21H18BrFN2O3. The molecule has 1 aliphatic carbocycles. The van der Waals surface area contributed by atoms with Crippen molar-refractivity contribution in [2.24, 2.45) is 5.92 Å². The second-order valence-corrected chi connectivity index (χ2v) is 8.05. The lowest BCUT2D eigenvalue weighted by molar-refractivity contribution is -0.140. The summed E-state index contributed by atoms with van der Waals surface area (Å²) in [6.07, 6.45) is 1.54. The van der Waals surface area contributed by atoms with Crippen molar-refractivity contribution in [3.05, 3.63) is 64.4 Å². The Balaban J connectivity index is 1.61. The minimum absolute atomic E-state index is 0.0471. The zero-order valence-corrected chi connectivity index (χ0v) is 16.6. The molecule has 3 amide bonds. The van der Waals surface area contributed by atoms with E-state index >= 15 is 0 Å². The van der Waals surface area contributed by atoms with Gasteiger partial charge in [-0.3, -0.25) is 14.4 Å². The van der Waals surface area contributed by atoms with Crippen LogP contribution >= 0.6 is 15.9 Å². The highest BCUT2D eigenvalue weighted by Crippen LogP contribution is 2.35. The number of carbonyl (C=O) groups excluding carboxylic acids is 3. The molecule has 2 aromatic rings. The maximum atomic E-state index is 13.2. The maximum Gasteiger partial charge on any atom is 0.257 e. The van der Waals surface area contributed by atoms with Crippen LogP contribution in [-0.4, -0.2) is 28.7 Å². The molecule has 0 spiro atoms. The lowest BCUT2D eigenvalue weighted by Gasteiger charge is -2.28. The second kappa shape index (κ2) is 7.47. The van der Waals surface area contributed by atoms with Gasteiger partial charge in [0.05, 0.1) is 12.1 Å². The Morgan fingerprint density at radius 1 is 1.07 bits per heavy atom. The molecule has 1 saturated heterocycles. The predicted molar refractivity (Wildman–Crippen MR) is 105 cm³/mol. The summed E-state index contributed by atoms with van der Waals surface area (Å²) in [4.78, 5) is 41.2. The van der Waals surface area contributed by atoms with Crippen LogP contribution in [0.1, 0.15) is 24.8 Å². The molecule has 0 aromatic heterocycles. The van der Waals surface area contributed by atoms with Crippen LogP contribution in [0.15, 0.2) is 53.0 Å². The number of halogens is 2. The fraction of sp³-hybridized carbons (Fsp3) is 0.286. The van der Waals surface area contributed by atoms with E-state index in [-0.39, 0.29) is 36.5 Å². The van der Waals surface area contributed by atoms with E-state index in [2.05, 4.69) is 15.9 Å². The summed E-state index contributed by atoms with van der Waals surface area (Å²) in [5.74, 6) is -1.30. The Hall–Kier alpha value is -2.54. The molecule has 4 rings (SSSR count). The van der Waals surface area contributed by atoms with Gasteiger partial charge in [0.25, 0.3) is 5.91 Å². The first-order valence-electron chi connectivity index (χ1n) is 9.11. The Morgan fingerprint density at radius 3 is 2.32 bits per heavy atom. The van der Waals surface area contributed by atoms with Crippen molar-refractivity contribution >= 4 is 39.3 Å². The number of hydrogen-bond acceptors (Lipinski definition) is 3. The van der Waals surface area contributed by atoms with Crippen molar-refractivity contribution in [1.29, 1.82) is 0 Å². The summed E-state index contributed by atoms with van der Waals surface area (Å²) in [6, 6.07) is 11.9. The maximum absolute atomic E-state index is 13.2. The third-order valence-electron chi connectivity index (χ3n) is 5.06. The van der Waals surface area contributed by atoms with Gasteiger partial charge in [-0.1, -0.05) is 28.1 Å². The van der Waals surface area contributed by atoms with E-state index in [1.54, 1.807) is 36.4 Å². The van der Waals surface area contributed by atoms with E-state index in [1.165, 1.54) is 17.0 Å². The molecule has 1 unspecified atom stereocenters. The SMILES string of the molecule is O=C1CC(N(Cc2ccc(F)cc2)C(=O)C2CC2)C(=O)N1c1ccc(Br)cc1. The normalized spacial score (nSPS) is 19.2. The standard InChI is InChI=1S/C21H18BrFN2O3/c22-15-5-9-17(10-6-15)25-19(26)11-18(21(25)28)24(20(27)14-3-4-14)12-13-1-7-16(23)8-2-13/h1-2,5-10,14,18H,3-4,11-12H2. The minimum Gasteiger partial charge on any atom is -0.326 e. The van der Waals surface area contributed by atoms with Gasteiger partial charge in [-0.2, -0.15) is 0 Å². The van der Waals surface area contributed by atoms with Crippen molar-refractivity contribution in [3.63, 3.8) is 0 Å². The molecule has 0 N–H and O–H groups in total. The van der Waals surface area contributed by atoms with Gasteiger partial charge in [-0.15, -0.1) is 0 Å². The quantitative estimate of drug-likeness (QED) is 0.661. The van der Waals surface area contributed by atoms with E-state index in [0.717, 1.165) is 27.8 Å². The van der Waals surface area contributed by atoms with Crippen LogP contribution in [0.4, 0.5) is 10.1 Å². The summed E-state index contributed by atoms with van der Waals surface area (Å²) in [5.41, 5.74) is 1.21. The van der Waals surface area contributed by atoms with Gasteiger partial charge in [-0.05, 0) is 54.8 Å². The van der Waals surface area contributed by atoms with Crippen LogP contribution in [0.5, 0.6) is 0 Å². The van der Waals surface area contributed by atoms with Crippen molar-refractivity contribution in [2.75, 3.05) is 4.90 Å². The summed E-state index contributed by atoms with van der Waals surface area (Å²) in [7, 11) is 0. The molecule has 1 heterocycles. The van der Waals surface area contributed by atoms with Gasteiger partial charge in [-0.25, -0.2) is 9.29 Å². The average molecular weight is 445 g/mol. The molecule has 0 bridgehead atoms. The zero-order chi connectivity index (χ0) is 19.8. The number of imide groups is 1. The van der Waals surface area contributed by atoms with Crippen molar-refractivity contribution < 1.29 is 18.8 Å². The Bertz CT molecular complexity index is 926. The van der Waals surface area contributed by atoms with E-state index in [1.807, 2.05) is 0 Å². The highest BCUT2D eigenvalue weighted by atomic mass is 79.9. The van der Waals surface area contributed by atoms with Gasteiger partial charge in [0, 0.05) is 16.9 Å². The van der Waals surface area contributed by atoms with Gasteiger partial charge >= 0.3 is 0 Å². The first-order valence-corrected chi connectivity index (χ1v) is 9.90. The molecule has 1 saturated carbocycles. The topological polar surface area (TPSA) is 57.7 Å². The molecular weight excluding hydrogens is 427 g/mol. The third kappa shape index (κ3) is 3.71. The van der Waals surface area contributed by atoms with Crippen LogP contribution in [-0.2, 0) is 20.9 Å². The number of benzene rings is 2. The van der Waals surface area contributed by atoms with E-state index in [9.17, 15) is 18.8 Å². The Kier molecular flexibility index (Phi) is 5.02. The molecule has 144 valence electrons. The average Bonchev–Trinajstić information content (AvgIpc) is 3.48. The predicted octanol–water partition coefficient (Wildman–Crippen LogP) is 3.66. The van der Waals surface area contributed by atoms with Gasteiger partial charge in [0.1, 0.15) is 11.9 Å². The van der Waals surface area contributed by atoms with Gasteiger partial charge in [0.15, 0.2) is 0 Å². The largest absolute Gasteiger partial charge is 0.326 e. The van der Waals surface area contributed by atoms with E-state index in [4.69, 9.17) is 0 Å². The lowest BCUT2D eigenvalue weighted by Crippen LogP contribution is -2.45. The molecule has 2 aromatic carbocycles. The summed E-state index contributed by atoms with van der Waals surface area (Å²) in [6.45, 7) is 0.174. The third-order valence-corrected chi connectivity index (χ3v) is 5.59. The van der Waals surface area contributed by atoms with Crippen LogP contribution in [0, 0.1) is 11.7 Å². The fourth-order valence-corrected chi connectivity index (χ4v) is 3.68. The molecule has 7 heteroatoms. The minimum atomic E-state index is -0.839. The zero-order valence-electron chi connectivity index (χ0n) is 15.0. The molecule has 0 radical (unpaired) electrons. The van der Waals surface area contributed by atoms with E-state index < -0.39 is 11.9 Å².